The van der Waals surface area contributed by atoms with E-state index in [1.807, 2.05) is 59.3 Å². The van der Waals surface area contributed by atoms with Gasteiger partial charge in [-0.15, -0.1) is 0 Å². The predicted molar refractivity (Wildman–Crippen MR) is 132 cm³/mol. The number of benzene rings is 3. The first-order valence-electron chi connectivity index (χ1n) is 10.7. The first-order chi connectivity index (χ1) is 16.6. The Morgan fingerprint density at radius 1 is 0.912 bits per heavy atom. The van der Waals surface area contributed by atoms with Crippen LogP contribution in [0.5, 0.6) is 0 Å². The van der Waals surface area contributed by atoms with Gasteiger partial charge in [0.25, 0.3) is 11.6 Å². The van der Waals surface area contributed by atoms with Crippen molar-refractivity contribution in [1.29, 1.82) is 0 Å². The third-order valence-electron chi connectivity index (χ3n) is 5.61. The van der Waals surface area contributed by atoms with Gasteiger partial charge in [-0.3, -0.25) is 14.9 Å². The highest BCUT2D eigenvalue weighted by atomic mass is 16.6. The molecule has 2 heterocycles. The molecular weight excluding hydrogens is 428 g/mol. The summed E-state index contributed by atoms with van der Waals surface area (Å²) in [6.45, 7) is 0.583. The maximum absolute atomic E-state index is 12.7. The van der Waals surface area contributed by atoms with Crippen molar-refractivity contribution >= 4 is 28.3 Å². The Morgan fingerprint density at radius 2 is 1.65 bits per heavy atom. The van der Waals surface area contributed by atoms with Crippen molar-refractivity contribution < 1.29 is 9.72 Å². The highest BCUT2D eigenvalue weighted by Gasteiger charge is 2.22. The topological polar surface area (TPSA) is 90.1 Å². The van der Waals surface area contributed by atoms with Crippen molar-refractivity contribution in [2.45, 2.75) is 6.54 Å². The fourth-order valence-electron chi connectivity index (χ4n) is 4.01. The van der Waals surface area contributed by atoms with E-state index in [0.29, 0.717) is 23.4 Å². The van der Waals surface area contributed by atoms with Gasteiger partial charge in [-0.05, 0) is 42.0 Å². The molecule has 5 rings (SSSR count). The molecule has 34 heavy (non-hydrogen) atoms. The summed E-state index contributed by atoms with van der Waals surface area (Å²) in [5.41, 5.74) is 3.66. The number of hydrogen-bond acceptors (Lipinski definition) is 4. The number of fused-ring (bicyclic) bond motifs is 1. The highest BCUT2D eigenvalue weighted by Crippen LogP contribution is 2.36. The number of nitrogens with zero attached hydrogens (tertiary/aromatic N) is 3. The molecule has 166 valence electrons. The van der Waals surface area contributed by atoms with Crippen LogP contribution >= 0.6 is 0 Å². The number of nitro benzene ring substituents is 1. The van der Waals surface area contributed by atoms with Crippen LogP contribution in [0.2, 0.25) is 0 Å². The Labute approximate surface area is 195 Å². The Morgan fingerprint density at radius 3 is 2.38 bits per heavy atom. The number of pyridine rings is 1. The lowest BCUT2D eigenvalue weighted by Crippen LogP contribution is -2.12. The van der Waals surface area contributed by atoms with Crippen LogP contribution in [0.3, 0.4) is 0 Å². The fraction of sp³-hybridized carbons (Fsp3) is 0.0370. The van der Waals surface area contributed by atoms with Crippen LogP contribution in [0.1, 0.15) is 15.9 Å². The van der Waals surface area contributed by atoms with Crippen molar-refractivity contribution in [2.24, 2.45) is 0 Å². The van der Waals surface area contributed by atoms with E-state index in [0.717, 1.165) is 16.6 Å². The van der Waals surface area contributed by atoms with Crippen molar-refractivity contribution in [3.05, 3.63) is 125 Å². The summed E-state index contributed by atoms with van der Waals surface area (Å²) < 4.78 is 1.99. The first kappa shape index (κ1) is 21.1. The predicted octanol–water partition coefficient (Wildman–Crippen LogP) is 5.91. The standard InChI is InChI=1S/C27H20N4O3/c32-27(29-21-10-5-2-6-11-21)20-13-14-22(25(16-20)31(33)34)24-18-30(17-19-8-3-1-4-9-19)26-23(24)12-7-15-28-26/h1-16,18H,17H2,(H,29,32). The SMILES string of the molecule is O=C(Nc1ccccc1)c1ccc(-c2cn(Cc3ccccc3)c3ncccc23)c([N+](=O)[O-])c1. The zero-order valence-corrected chi connectivity index (χ0v) is 18.1. The second-order valence-corrected chi connectivity index (χ2v) is 7.84. The van der Waals surface area contributed by atoms with Gasteiger partial charge in [-0.2, -0.15) is 0 Å². The van der Waals surface area contributed by atoms with Crippen molar-refractivity contribution in [1.82, 2.24) is 9.55 Å². The number of carbonyl (C=O) groups excluding carboxylic acids is 1. The van der Waals surface area contributed by atoms with Gasteiger partial charge in [0, 0.05) is 47.2 Å². The lowest BCUT2D eigenvalue weighted by molar-refractivity contribution is -0.384. The monoisotopic (exact) mass is 448 g/mol. The molecule has 7 heteroatoms. The molecule has 0 aliphatic heterocycles. The van der Waals surface area contributed by atoms with E-state index >= 15 is 0 Å². The molecule has 2 aromatic heterocycles. The Kier molecular flexibility index (Phi) is 5.58. The maximum atomic E-state index is 12.7. The maximum Gasteiger partial charge on any atom is 0.278 e. The Bertz CT molecular complexity index is 1490. The van der Waals surface area contributed by atoms with Gasteiger partial charge < -0.3 is 9.88 Å². The number of anilines is 1. The van der Waals surface area contributed by atoms with E-state index in [1.165, 1.54) is 6.07 Å². The van der Waals surface area contributed by atoms with Gasteiger partial charge >= 0.3 is 0 Å². The van der Waals surface area contributed by atoms with Gasteiger partial charge in [-0.25, -0.2) is 4.98 Å². The zero-order chi connectivity index (χ0) is 23.5. The molecule has 0 unspecified atom stereocenters. The number of aromatic nitrogens is 2. The second-order valence-electron chi connectivity index (χ2n) is 7.84. The smallest absolute Gasteiger partial charge is 0.278 e. The first-order valence-corrected chi connectivity index (χ1v) is 10.7. The largest absolute Gasteiger partial charge is 0.327 e. The summed E-state index contributed by atoms with van der Waals surface area (Å²) in [7, 11) is 0. The Balaban J connectivity index is 1.56. The molecule has 0 saturated carbocycles. The average Bonchev–Trinajstić information content (AvgIpc) is 3.23. The number of carbonyl (C=O) groups is 1. The van der Waals surface area contributed by atoms with E-state index in [4.69, 9.17) is 0 Å². The minimum Gasteiger partial charge on any atom is -0.327 e. The van der Waals surface area contributed by atoms with Crippen LogP contribution in [-0.2, 0) is 6.54 Å². The van der Waals surface area contributed by atoms with Crippen molar-refractivity contribution in [3.63, 3.8) is 0 Å². The number of nitro groups is 1. The molecule has 0 aliphatic rings. The summed E-state index contributed by atoms with van der Waals surface area (Å²) in [5, 5.41) is 15.6. The van der Waals surface area contributed by atoms with E-state index in [1.54, 1.807) is 42.6 Å². The minimum atomic E-state index is -0.453. The van der Waals surface area contributed by atoms with Gasteiger partial charge in [0.1, 0.15) is 5.65 Å². The van der Waals surface area contributed by atoms with E-state index < -0.39 is 10.8 Å². The van der Waals surface area contributed by atoms with Gasteiger partial charge in [-0.1, -0.05) is 48.5 Å². The molecule has 1 N–H and O–H groups in total. The molecule has 0 atom stereocenters. The summed E-state index contributed by atoms with van der Waals surface area (Å²) >= 11 is 0. The van der Waals surface area contributed by atoms with Crippen LogP contribution < -0.4 is 5.32 Å². The van der Waals surface area contributed by atoms with Gasteiger partial charge in [0.05, 0.1) is 10.5 Å². The van der Waals surface area contributed by atoms with Crippen LogP contribution in [0.4, 0.5) is 11.4 Å². The molecule has 5 aromatic rings. The molecule has 0 fully saturated rings. The molecule has 0 spiro atoms. The normalized spacial score (nSPS) is 10.8. The quantitative estimate of drug-likeness (QED) is 0.258. The number of hydrogen-bond donors (Lipinski definition) is 1. The molecule has 1 amide bonds. The van der Waals surface area contributed by atoms with Crippen LogP contribution in [-0.4, -0.2) is 20.4 Å². The minimum absolute atomic E-state index is 0.136. The van der Waals surface area contributed by atoms with Crippen molar-refractivity contribution in [3.8, 4) is 11.1 Å². The van der Waals surface area contributed by atoms with Crippen LogP contribution in [0.15, 0.2) is 103 Å². The second kappa shape index (κ2) is 8.99. The average molecular weight is 448 g/mol. The molecule has 0 saturated heterocycles. The van der Waals surface area contributed by atoms with E-state index in [9.17, 15) is 14.9 Å². The molecule has 0 aliphatic carbocycles. The zero-order valence-electron chi connectivity index (χ0n) is 18.1. The van der Waals surface area contributed by atoms with Gasteiger partial charge in [0.15, 0.2) is 0 Å². The molecule has 7 nitrogen and oxygen atoms in total. The number of rotatable bonds is 6. The Hall–Kier alpha value is -4.78. The summed E-state index contributed by atoms with van der Waals surface area (Å²) in [6, 6.07) is 27.2. The number of amides is 1. The van der Waals surface area contributed by atoms with Gasteiger partial charge in [0.2, 0.25) is 0 Å². The summed E-state index contributed by atoms with van der Waals surface area (Å²) in [6.07, 6.45) is 3.59. The van der Waals surface area contributed by atoms with Crippen LogP contribution in [0.25, 0.3) is 22.2 Å². The fourth-order valence-corrected chi connectivity index (χ4v) is 4.01. The molecule has 0 radical (unpaired) electrons. The lowest BCUT2D eigenvalue weighted by Gasteiger charge is -2.07. The van der Waals surface area contributed by atoms with Crippen LogP contribution in [0, 0.1) is 10.1 Å². The number of para-hydroxylation sites is 1. The third-order valence-corrected chi connectivity index (χ3v) is 5.61. The summed E-state index contributed by atoms with van der Waals surface area (Å²) in [5.74, 6) is -0.408. The van der Waals surface area contributed by atoms with E-state index in [-0.39, 0.29) is 11.3 Å². The molecule has 3 aromatic carbocycles. The lowest BCUT2D eigenvalue weighted by atomic mass is 10.0. The number of nitrogens with one attached hydrogen (secondary N) is 1. The molecular formula is C27H20N4O3. The third kappa shape index (κ3) is 4.14. The van der Waals surface area contributed by atoms with Crippen molar-refractivity contribution in [2.75, 3.05) is 5.32 Å². The summed E-state index contributed by atoms with van der Waals surface area (Å²) in [4.78, 5) is 28.8. The van der Waals surface area contributed by atoms with E-state index in [2.05, 4.69) is 10.3 Å². The highest BCUT2D eigenvalue weighted by molar-refractivity contribution is 6.06. The molecule has 0 bridgehead atoms.